The van der Waals surface area contributed by atoms with Gasteiger partial charge in [0.2, 0.25) is 5.91 Å². The number of thioether (sulfide) groups is 1. The Balaban J connectivity index is 1.28. The van der Waals surface area contributed by atoms with Gasteiger partial charge < -0.3 is 11.1 Å². The Hall–Kier alpha value is -0.750. The Morgan fingerprint density at radius 3 is 2.50 bits per heavy atom. The molecule has 4 nitrogen and oxygen atoms in total. The summed E-state index contributed by atoms with van der Waals surface area (Å²) in [5.41, 5.74) is 6.46. The van der Waals surface area contributed by atoms with E-state index < -0.39 is 0 Å². The second kappa shape index (κ2) is 5.71. The second-order valence-corrected chi connectivity index (χ2v) is 9.68. The molecular formula is C16H23N3OS2. The highest BCUT2D eigenvalue weighted by molar-refractivity contribution is 8.01. The minimum Gasteiger partial charge on any atom is -0.375 e. The van der Waals surface area contributed by atoms with E-state index in [0.717, 1.165) is 23.4 Å². The van der Waals surface area contributed by atoms with Gasteiger partial charge in [-0.1, -0.05) is 0 Å². The van der Waals surface area contributed by atoms with E-state index >= 15 is 0 Å². The molecule has 5 rings (SSSR count). The van der Waals surface area contributed by atoms with Crippen LogP contribution in [0.1, 0.15) is 44.2 Å². The van der Waals surface area contributed by atoms with Gasteiger partial charge in [0.1, 0.15) is 0 Å². The highest BCUT2D eigenvalue weighted by Gasteiger charge is 2.51. The van der Waals surface area contributed by atoms with Crippen LogP contribution in [0.25, 0.3) is 0 Å². The third kappa shape index (κ3) is 3.00. The number of nitrogen functional groups attached to an aromatic ring is 1. The van der Waals surface area contributed by atoms with Crippen molar-refractivity contribution in [3.63, 3.8) is 0 Å². The number of aromatic nitrogens is 1. The molecule has 1 amide bonds. The first-order valence-corrected chi connectivity index (χ1v) is 10.1. The number of carbonyl (C=O) groups excluding carboxylic acids is 1. The van der Waals surface area contributed by atoms with Gasteiger partial charge in [0.15, 0.2) is 5.13 Å². The largest absolute Gasteiger partial charge is 0.375 e. The average Bonchev–Trinajstić information content (AvgIpc) is 2.87. The van der Waals surface area contributed by atoms with E-state index in [4.69, 9.17) is 5.73 Å². The maximum atomic E-state index is 12.1. The predicted octanol–water partition coefficient (Wildman–Crippen LogP) is 3.04. The van der Waals surface area contributed by atoms with E-state index in [9.17, 15) is 4.79 Å². The molecule has 4 aliphatic carbocycles. The standard InChI is InChI=1S/C16H23N3OS2/c17-15-19-13(8-21-15)7-18-14(20)9-22-16-4-10-1-11(5-16)3-12(2-10)6-16/h8,10-12H,1-7,9H2,(H2,17,19)(H,18,20). The van der Waals surface area contributed by atoms with Crippen LogP contribution in [0.5, 0.6) is 0 Å². The minimum absolute atomic E-state index is 0.132. The van der Waals surface area contributed by atoms with E-state index in [1.54, 1.807) is 0 Å². The summed E-state index contributed by atoms with van der Waals surface area (Å²) in [5, 5.41) is 5.44. The third-order valence-corrected chi connectivity index (χ3v) is 7.77. The van der Waals surface area contributed by atoms with Crippen molar-refractivity contribution < 1.29 is 4.79 Å². The van der Waals surface area contributed by atoms with Crippen molar-refractivity contribution in [1.29, 1.82) is 0 Å². The van der Waals surface area contributed by atoms with Crippen molar-refractivity contribution in [2.75, 3.05) is 11.5 Å². The molecule has 0 atom stereocenters. The molecule has 4 saturated carbocycles. The number of anilines is 1. The van der Waals surface area contributed by atoms with E-state index in [-0.39, 0.29) is 5.91 Å². The zero-order chi connectivity index (χ0) is 15.2. The molecular weight excluding hydrogens is 314 g/mol. The summed E-state index contributed by atoms with van der Waals surface area (Å²) in [6, 6.07) is 0. The number of hydrogen-bond donors (Lipinski definition) is 2. The van der Waals surface area contributed by atoms with Crippen molar-refractivity contribution >= 4 is 34.1 Å². The van der Waals surface area contributed by atoms with Gasteiger partial charge >= 0.3 is 0 Å². The van der Waals surface area contributed by atoms with Gasteiger partial charge in [0.25, 0.3) is 0 Å². The molecule has 22 heavy (non-hydrogen) atoms. The SMILES string of the molecule is Nc1nc(CNC(=O)CSC23CC4CC(CC(C4)C2)C3)cs1. The van der Waals surface area contributed by atoms with Crippen LogP contribution in [0.15, 0.2) is 5.38 Å². The molecule has 120 valence electrons. The monoisotopic (exact) mass is 337 g/mol. The lowest BCUT2D eigenvalue weighted by atomic mass is 9.56. The Morgan fingerprint density at radius 1 is 1.32 bits per heavy atom. The molecule has 0 unspecified atom stereocenters. The van der Waals surface area contributed by atoms with Crippen LogP contribution in [0, 0.1) is 17.8 Å². The molecule has 1 heterocycles. The molecule has 0 saturated heterocycles. The van der Waals surface area contributed by atoms with Crippen LogP contribution in [-0.4, -0.2) is 21.4 Å². The molecule has 4 aliphatic rings. The van der Waals surface area contributed by atoms with Crippen molar-refractivity contribution in [2.24, 2.45) is 17.8 Å². The number of rotatable bonds is 5. The zero-order valence-electron chi connectivity index (χ0n) is 12.7. The molecule has 0 aromatic carbocycles. The van der Waals surface area contributed by atoms with Crippen LogP contribution in [0.3, 0.4) is 0 Å². The van der Waals surface area contributed by atoms with Crippen molar-refractivity contribution in [3.05, 3.63) is 11.1 Å². The fourth-order valence-electron chi connectivity index (χ4n) is 5.07. The van der Waals surface area contributed by atoms with Crippen LogP contribution >= 0.6 is 23.1 Å². The first kappa shape index (κ1) is 14.8. The van der Waals surface area contributed by atoms with Gasteiger partial charge in [-0.25, -0.2) is 4.98 Å². The molecule has 1 aromatic rings. The summed E-state index contributed by atoms with van der Waals surface area (Å²) in [7, 11) is 0. The van der Waals surface area contributed by atoms with Crippen LogP contribution in [0.4, 0.5) is 5.13 Å². The van der Waals surface area contributed by atoms with Crippen molar-refractivity contribution in [3.8, 4) is 0 Å². The van der Waals surface area contributed by atoms with Gasteiger partial charge in [-0.15, -0.1) is 23.1 Å². The van der Waals surface area contributed by atoms with E-state index in [1.807, 2.05) is 17.1 Å². The highest BCUT2D eigenvalue weighted by atomic mass is 32.2. The van der Waals surface area contributed by atoms with Gasteiger partial charge in [-0.3, -0.25) is 4.79 Å². The Kier molecular flexibility index (Phi) is 3.85. The minimum atomic E-state index is 0.132. The van der Waals surface area contributed by atoms with E-state index in [2.05, 4.69) is 10.3 Å². The summed E-state index contributed by atoms with van der Waals surface area (Å²) in [5.74, 6) is 3.55. The number of nitrogens with two attached hydrogens (primary N) is 1. The Bertz CT molecular complexity index is 536. The molecule has 4 fully saturated rings. The highest BCUT2D eigenvalue weighted by Crippen LogP contribution is 2.60. The smallest absolute Gasteiger partial charge is 0.230 e. The van der Waals surface area contributed by atoms with Gasteiger partial charge in [0, 0.05) is 10.1 Å². The summed E-state index contributed by atoms with van der Waals surface area (Å²) < 4.78 is 0.414. The predicted molar refractivity (Wildman–Crippen MR) is 91.7 cm³/mol. The summed E-state index contributed by atoms with van der Waals surface area (Å²) in [6.45, 7) is 0.494. The number of hydrogen-bond acceptors (Lipinski definition) is 5. The normalized spacial score (nSPS) is 35.7. The lowest BCUT2D eigenvalue weighted by molar-refractivity contribution is -0.118. The fourth-order valence-corrected chi connectivity index (χ4v) is 7.23. The lowest BCUT2D eigenvalue weighted by Gasteiger charge is -2.56. The van der Waals surface area contributed by atoms with Crippen molar-refractivity contribution in [1.82, 2.24) is 10.3 Å². The molecule has 3 N–H and O–H groups in total. The quantitative estimate of drug-likeness (QED) is 0.866. The molecule has 0 aliphatic heterocycles. The van der Waals surface area contributed by atoms with Crippen LogP contribution in [-0.2, 0) is 11.3 Å². The summed E-state index contributed by atoms with van der Waals surface area (Å²) in [4.78, 5) is 16.3. The maximum absolute atomic E-state index is 12.1. The molecule has 1 aromatic heterocycles. The molecule has 0 radical (unpaired) electrons. The van der Waals surface area contributed by atoms with E-state index in [1.165, 1.54) is 49.9 Å². The molecule has 4 bridgehead atoms. The number of nitrogens with zero attached hydrogens (tertiary/aromatic N) is 1. The third-order valence-electron chi connectivity index (χ3n) is 5.53. The summed E-state index contributed by atoms with van der Waals surface area (Å²) >= 11 is 3.35. The van der Waals surface area contributed by atoms with Crippen molar-refractivity contribution in [2.45, 2.75) is 49.8 Å². The van der Waals surface area contributed by atoms with Gasteiger partial charge in [0.05, 0.1) is 18.0 Å². The van der Waals surface area contributed by atoms with Crippen LogP contribution < -0.4 is 11.1 Å². The first-order valence-electron chi connectivity index (χ1n) is 8.21. The number of nitrogens with one attached hydrogen (secondary N) is 1. The number of thiazole rings is 1. The van der Waals surface area contributed by atoms with Gasteiger partial charge in [-0.05, 0) is 56.3 Å². The Morgan fingerprint density at radius 2 is 1.95 bits per heavy atom. The second-order valence-electron chi connectivity index (χ2n) is 7.34. The Labute approximate surface area is 139 Å². The summed E-state index contributed by atoms with van der Waals surface area (Å²) in [6.07, 6.45) is 8.41. The number of amides is 1. The number of carbonyl (C=O) groups is 1. The first-order chi connectivity index (χ1) is 10.6. The van der Waals surface area contributed by atoms with Gasteiger partial charge in [-0.2, -0.15) is 0 Å². The topological polar surface area (TPSA) is 68.0 Å². The van der Waals surface area contributed by atoms with Crippen LogP contribution in [0.2, 0.25) is 0 Å². The molecule has 6 heteroatoms. The zero-order valence-corrected chi connectivity index (χ0v) is 14.3. The average molecular weight is 338 g/mol. The maximum Gasteiger partial charge on any atom is 0.230 e. The lowest BCUT2D eigenvalue weighted by Crippen LogP contribution is -2.49. The van der Waals surface area contributed by atoms with E-state index in [0.29, 0.717) is 22.2 Å². The molecule has 0 spiro atoms. The fraction of sp³-hybridized carbons (Fsp3) is 0.750.